The van der Waals surface area contributed by atoms with Gasteiger partial charge in [-0.3, -0.25) is 4.79 Å². The zero-order valence-corrected chi connectivity index (χ0v) is 11.9. The summed E-state index contributed by atoms with van der Waals surface area (Å²) < 4.78 is 6.21. The topological polar surface area (TPSA) is 29.5 Å². The lowest BCUT2D eigenvalue weighted by molar-refractivity contribution is 0.0772. The van der Waals surface area contributed by atoms with Gasteiger partial charge in [0.2, 0.25) is 0 Å². The Labute approximate surface area is 110 Å². The average Bonchev–Trinajstić information content (AvgIpc) is 2.31. The highest BCUT2D eigenvalue weighted by Gasteiger charge is 2.13. The van der Waals surface area contributed by atoms with E-state index in [1.807, 2.05) is 26.0 Å². The molecule has 0 N–H and O–H groups in total. The van der Waals surface area contributed by atoms with Crippen molar-refractivity contribution in [1.82, 2.24) is 4.90 Å². The van der Waals surface area contributed by atoms with Crippen LogP contribution in [0, 0.1) is 3.57 Å². The first-order chi connectivity index (χ1) is 7.63. The minimum absolute atomic E-state index is 0.0553. The predicted octanol–water partition coefficient (Wildman–Crippen LogP) is 2.78. The fraction of sp³-hybridized carbons (Fsp3) is 0.417. The molecule has 1 amide bonds. The molecule has 0 heterocycles. The Morgan fingerprint density at radius 3 is 2.50 bits per heavy atom. The Morgan fingerprint density at radius 2 is 2.00 bits per heavy atom. The minimum Gasteiger partial charge on any atom is -0.496 e. The molecular weight excluding hydrogens is 317 g/mol. The maximum Gasteiger partial charge on any atom is 0.253 e. The number of rotatable bonds is 4. The van der Waals surface area contributed by atoms with E-state index in [2.05, 4.69) is 22.6 Å². The number of hydrogen-bond donors (Lipinski definition) is 0. The Kier molecular flexibility index (Phi) is 5.05. The van der Waals surface area contributed by atoms with Crippen LogP contribution in [0.3, 0.4) is 0 Å². The number of hydrogen-bond acceptors (Lipinski definition) is 2. The third-order valence-corrected chi connectivity index (χ3v) is 3.34. The van der Waals surface area contributed by atoms with Gasteiger partial charge < -0.3 is 9.64 Å². The summed E-state index contributed by atoms with van der Waals surface area (Å²) in [7, 11) is 1.61. The van der Waals surface area contributed by atoms with Crippen LogP contribution in [0.4, 0.5) is 0 Å². The minimum atomic E-state index is 0.0553. The fourth-order valence-corrected chi connectivity index (χ4v) is 2.04. The molecule has 88 valence electrons. The second kappa shape index (κ2) is 6.08. The van der Waals surface area contributed by atoms with Crippen LogP contribution in [0.25, 0.3) is 0 Å². The van der Waals surface area contributed by atoms with Gasteiger partial charge in [-0.25, -0.2) is 0 Å². The van der Waals surface area contributed by atoms with Crippen LogP contribution in [0.5, 0.6) is 5.75 Å². The zero-order chi connectivity index (χ0) is 12.1. The molecule has 0 aliphatic heterocycles. The van der Waals surface area contributed by atoms with Gasteiger partial charge in [-0.15, -0.1) is 0 Å². The van der Waals surface area contributed by atoms with Crippen molar-refractivity contribution >= 4 is 28.5 Å². The Balaban J connectivity index is 3.00. The summed E-state index contributed by atoms with van der Waals surface area (Å²) in [6.07, 6.45) is 0. The van der Waals surface area contributed by atoms with E-state index >= 15 is 0 Å². The highest BCUT2D eigenvalue weighted by molar-refractivity contribution is 14.1. The second-order valence-corrected chi connectivity index (χ2v) is 4.49. The van der Waals surface area contributed by atoms with Crippen molar-refractivity contribution in [3.8, 4) is 5.75 Å². The molecule has 0 bridgehead atoms. The quantitative estimate of drug-likeness (QED) is 0.793. The van der Waals surface area contributed by atoms with Gasteiger partial charge in [0.05, 0.1) is 10.7 Å². The Hall–Kier alpha value is -0.780. The lowest BCUT2D eigenvalue weighted by atomic mass is 10.2. The molecule has 0 saturated carbocycles. The second-order valence-electron chi connectivity index (χ2n) is 3.33. The van der Waals surface area contributed by atoms with Crippen LogP contribution in [0.15, 0.2) is 18.2 Å². The van der Waals surface area contributed by atoms with Crippen LogP contribution in [0.1, 0.15) is 24.2 Å². The van der Waals surface area contributed by atoms with Crippen molar-refractivity contribution in [3.63, 3.8) is 0 Å². The highest BCUT2D eigenvalue weighted by Crippen LogP contribution is 2.22. The number of halogens is 1. The largest absolute Gasteiger partial charge is 0.496 e. The zero-order valence-electron chi connectivity index (χ0n) is 9.79. The maximum atomic E-state index is 12.1. The third kappa shape index (κ3) is 2.87. The van der Waals surface area contributed by atoms with Crippen molar-refractivity contribution in [3.05, 3.63) is 27.3 Å². The molecule has 16 heavy (non-hydrogen) atoms. The van der Waals surface area contributed by atoms with Crippen molar-refractivity contribution in [2.24, 2.45) is 0 Å². The number of nitrogens with zero attached hydrogens (tertiary/aromatic N) is 1. The van der Waals surface area contributed by atoms with Crippen molar-refractivity contribution in [2.75, 3.05) is 20.2 Å². The van der Waals surface area contributed by atoms with Gasteiger partial charge in [0.25, 0.3) is 5.91 Å². The highest BCUT2D eigenvalue weighted by atomic mass is 127. The van der Waals surface area contributed by atoms with E-state index in [0.717, 1.165) is 22.4 Å². The smallest absolute Gasteiger partial charge is 0.253 e. The molecular formula is C12H16INO2. The van der Waals surface area contributed by atoms with Gasteiger partial charge in [-0.1, -0.05) is 0 Å². The van der Waals surface area contributed by atoms with Crippen LogP contribution < -0.4 is 4.74 Å². The summed E-state index contributed by atoms with van der Waals surface area (Å²) in [5, 5.41) is 0. The molecule has 3 nitrogen and oxygen atoms in total. The summed E-state index contributed by atoms with van der Waals surface area (Å²) >= 11 is 2.19. The first-order valence-electron chi connectivity index (χ1n) is 5.26. The Morgan fingerprint density at radius 1 is 1.38 bits per heavy atom. The molecule has 1 aromatic rings. The molecule has 0 fully saturated rings. The lowest BCUT2D eigenvalue weighted by Gasteiger charge is -2.19. The van der Waals surface area contributed by atoms with E-state index in [4.69, 9.17) is 4.74 Å². The lowest BCUT2D eigenvalue weighted by Crippen LogP contribution is -2.30. The summed E-state index contributed by atoms with van der Waals surface area (Å²) in [6, 6.07) is 5.53. The predicted molar refractivity (Wildman–Crippen MR) is 73.0 cm³/mol. The monoisotopic (exact) mass is 333 g/mol. The third-order valence-electron chi connectivity index (χ3n) is 2.45. The molecule has 0 aromatic heterocycles. The molecule has 1 rings (SSSR count). The first kappa shape index (κ1) is 13.3. The molecule has 0 radical (unpaired) electrons. The van der Waals surface area contributed by atoms with Gasteiger partial charge in [0.1, 0.15) is 5.75 Å². The normalized spacial score (nSPS) is 10.0. The molecule has 0 aliphatic rings. The number of methoxy groups -OCH3 is 1. The molecule has 0 unspecified atom stereocenters. The SMILES string of the molecule is CCN(CC)C(=O)c1ccc(I)c(OC)c1. The molecule has 0 atom stereocenters. The molecule has 0 spiro atoms. The van der Waals surface area contributed by atoms with Crippen LogP contribution in [-0.2, 0) is 0 Å². The van der Waals surface area contributed by atoms with E-state index in [-0.39, 0.29) is 5.91 Å². The number of ether oxygens (including phenoxy) is 1. The Bertz CT molecular complexity index is 375. The summed E-state index contributed by atoms with van der Waals surface area (Å²) in [5.41, 5.74) is 0.681. The average molecular weight is 333 g/mol. The number of benzene rings is 1. The summed E-state index contributed by atoms with van der Waals surface area (Å²) in [6.45, 7) is 5.41. The number of carbonyl (C=O) groups excluding carboxylic acids is 1. The van der Waals surface area contributed by atoms with E-state index in [0.29, 0.717) is 5.56 Å². The standard InChI is InChI=1S/C12H16INO2/c1-4-14(5-2)12(15)9-6-7-10(13)11(8-9)16-3/h6-8H,4-5H2,1-3H3. The van der Waals surface area contributed by atoms with Gasteiger partial charge in [-0.2, -0.15) is 0 Å². The summed E-state index contributed by atoms with van der Waals surface area (Å²) in [5.74, 6) is 0.804. The van der Waals surface area contributed by atoms with E-state index in [9.17, 15) is 4.79 Å². The van der Waals surface area contributed by atoms with Crippen molar-refractivity contribution in [1.29, 1.82) is 0 Å². The van der Waals surface area contributed by atoms with Crippen LogP contribution >= 0.6 is 22.6 Å². The van der Waals surface area contributed by atoms with Crippen molar-refractivity contribution in [2.45, 2.75) is 13.8 Å². The van der Waals surface area contributed by atoms with E-state index in [1.165, 1.54) is 0 Å². The van der Waals surface area contributed by atoms with Gasteiger partial charge in [0.15, 0.2) is 0 Å². The first-order valence-corrected chi connectivity index (χ1v) is 6.34. The molecule has 0 saturated heterocycles. The number of carbonyl (C=O) groups is 1. The maximum absolute atomic E-state index is 12.1. The van der Waals surface area contributed by atoms with Crippen LogP contribution in [-0.4, -0.2) is 31.0 Å². The van der Waals surface area contributed by atoms with E-state index < -0.39 is 0 Å². The van der Waals surface area contributed by atoms with Crippen LogP contribution in [0.2, 0.25) is 0 Å². The molecule has 4 heteroatoms. The molecule has 1 aromatic carbocycles. The number of amides is 1. The van der Waals surface area contributed by atoms with Gasteiger partial charge >= 0.3 is 0 Å². The fourth-order valence-electron chi connectivity index (χ4n) is 1.49. The van der Waals surface area contributed by atoms with E-state index in [1.54, 1.807) is 18.1 Å². The molecule has 0 aliphatic carbocycles. The summed E-state index contributed by atoms with van der Waals surface area (Å²) in [4.78, 5) is 13.8. The van der Waals surface area contributed by atoms with Crippen molar-refractivity contribution < 1.29 is 9.53 Å². The van der Waals surface area contributed by atoms with Gasteiger partial charge in [-0.05, 0) is 54.6 Å². The van der Waals surface area contributed by atoms with Gasteiger partial charge in [0, 0.05) is 18.7 Å².